The Kier molecular flexibility index (Phi) is 7.63. The molecule has 1 fully saturated rings. The second-order valence-electron chi connectivity index (χ2n) is 8.57. The lowest BCUT2D eigenvalue weighted by Gasteiger charge is -2.37. The van der Waals surface area contributed by atoms with Crippen LogP contribution in [0.1, 0.15) is 5.56 Å². The van der Waals surface area contributed by atoms with Crippen molar-refractivity contribution in [3.8, 4) is 11.5 Å². The molecule has 37 heavy (non-hydrogen) atoms. The quantitative estimate of drug-likeness (QED) is 0.444. The molecule has 1 amide bonds. The molecule has 11 heteroatoms. The number of nitrogens with zero attached hydrogens (tertiary/aromatic N) is 3. The van der Waals surface area contributed by atoms with Gasteiger partial charge in [0.05, 0.1) is 17.5 Å². The predicted octanol–water partition coefficient (Wildman–Crippen LogP) is 4.61. The standard InChI is InChI=1S/C26H26F3N3O4S/c1-37(34,35)32(23-12-5-6-13-24(23)36-22-10-3-2-4-11-22)19-25(33)31-16-14-30(15-17-31)21-9-7-8-20(18-21)26(27,28)29/h2-13,18H,14-17,19H2,1H3. The number of rotatable bonds is 7. The summed E-state index contributed by atoms with van der Waals surface area (Å²) in [4.78, 5) is 16.4. The number of para-hydroxylation sites is 3. The topological polar surface area (TPSA) is 70.2 Å². The normalized spacial score (nSPS) is 14.4. The van der Waals surface area contributed by atoms with Gasteiger partial charge in [-0.05, 0) is 42.5 Å². The molecule has 7 nitrogen and oxygen atoms in total. The highest BCUT2D eigenvalue weighted by Crippen LogP contribution is 2.34. The van der Waals surface area contributed by atoms with Crippen molar-refractivity contribution >= 4 is 27.3 Å². The maximum absolute atomic E-state index is 13.1. The molecule has 1 saturated heterocycles. The molecule has 0 radical (unpaired) electrons. The van der Waals surface area contributed by atoms with Crippen LogP contribution in [0.15, 0.2) is 78.9 Å². The van der Waals surface area contributed by atoms with E-state index >= 15 is 0 Å². The SMILES string of the molecule is CS(=O)(=O)N(CC(=O)N1CCN(c2cccc(C(F)(F)F)c2)CC1)c1ccccc1Oc1ccccc1. The molecule has 0 unspecified atom stereocenters. The first kappa shape index (κ1) is 26.3. The van der Waals surface area contributed by atoms with Crippen molar-refractivity contribution in [3.05, 3.63) is 84.4 Å². The molecule has 0 spiro atoms. The molecule has 0 bridgehead atoms. The molecule has 0 N–H and O–H groups in total. The van der Waals surface area contributed by atoms with Gasteiger partial charge in [-0.15, -0.1) is 0 Å². The largest absolute Gasteiger partial charge is 0.455 e. The fourth-order valence-electron chi connectivity index (χ4n) is 4.06. The fraction of sp³-hybridized carbons (Fsp3) is 0.269. The van der Waals surface area contributed by atoms with Gasteiger partial charge in [-0.1, -0.05) is 36.4 Å². The highest BCUT2D eigenvalue weighted by atomic mass is 32.2. The van der Waals surface area contributed by atoms with Crippen LogP contribution in [0.3, 0.4) is 0 Å². The number of halogens is 3. The second-order valence-corrected chi connectivity index (χ2v) is 10.5. The number of ether oxygens (including phenoxy) is 1. The summed E-state index contributed by atoms with van der Waals surface area (Å²) < 4.78 is 71.5. The summed E-state index contributed by atoms with van der Waals surface area (Å²) in [5.74, 6) is 0.380. The van der Waals surface area contributed by atoms with Gasteiger partial charge in [0.2, 0.25) is 15.9 Å². The van der Waals surface area contributed by atoms with Crippen molar-refractivity contribution in [3.63, 3.8) is 0 Å². The molecular formula is C26H26F3N3O4S. The van der Waals surface area contributed by atoms with Crippen molar-refractivity contribution in [1.82, 2.24) is 4.90 Å². The molecule has 1 heterocycles. The van der Waals surface area contributed by atoms with Crippen LogP contribution >= 0.6 is 0 Å². The van der Waals surface area contributed by atoms with Crippen LogP contribution in [0.25, 0.3) is 0 Å². The van der Waals surface area contributed by atoms with Gasteiger partial charge < -0.3 is 14.5 Å². The van der Waals surface area contributed by atoms with E-state index < -0.39 is 34.2 Å². The first-order valence-corrected chi connectivity index (χ1v) is 13.4. The Morgan fingerprint density at radius 3 is 2.22 bits per heavy atom. The van der Waals surface area contributed by atoms with Gasteiger partial charge in [-0.25, -0.2) is 8.42 Å². The minimum atomic E-state index is -4.44. The lowest BCUT2D eigenvalue weighted by atomic mass is 10.1. The van der Waals surface area contributed by atoms with E-state index in [0.29, 0.717) is 24.5 Å². The molecule has 3 aromatic rings. The third kappa shape index (κ3) is 6.53. The van der Waals surface area contributed by atoms with Gasteiger partial charge in [0.15, 0.2) is 5.75 Å². The Morgan fingerprint density at radius 1 is 0.919 bits per heavy atom. The molecule has 1 aliphatic rings. The second kappa shape index (κ2) is 10.7. The molecule has 0 aliphatic carbocycles. The number of hydrogen-bond donors (Lipinski definition) is 0. The third-order valence-electron chi connectivity index (χ3n) is 5.96. The zero-order valence-corrected chi connectivity index (χ0v) is 20.9. The smallest absolute Gasteiger partial charge is 0.416 e. The number of benzene rings is 3. The zero-order valence-electron chi connectivity index (χ0n) is 20.1. The van der Waals surface area contributed by atoms with E-state index in [0.717, 1.165) is 22.7 Å². The molecule has 4 rings (SSSR count). The summed E-state index contributed by atoms with van der Waals surface area (Å²) in [6.45, 7) is 0.695. The van der Waals surface area contributed by atoms with Crippen LogP contribution in [0.2, 0.25) is 0 Å². The van der Waals surface area contributed by atoms with E-state index in [-0.39, 0.29) is 24.5 Å². The average Bonchev–Trinajstić information content (AvgIpc) is 2.87. The Morgan fingerprint density at radius 2 is 1.57 bits per heavy atom. The van der Waals surface area contributed by atoms with E-state index in [2.05, 4.69) is 0 Å². The summed E-state index contributed by atoms with van der Waals surface area (Å²) >= 11 is 0. The maximum atomic E-state index is 13.1. The predicted molar refractivity (Wildman–Crippen MR) is 135 cm³/mol. The van der Waals surface area contributed by atoms with E-state index in [9.17, 15) is 26.4 Å². The van der Waals surface area contributed by atoms with Crippen molar-refractivity contribution in [2.24, 2.45) is 0 Å². The van der Waals surface area contributed by atoms with Crippen molar-refractivity contribution in [2.45, 2.75) is 6.18 Å². The number of anilines is 2. The van der Waals surface area contributed by atoms with Crippen LogP contribution in [0.4, 0.5) is 24.5 Å². The third-order valence-corrected chi connectivity index (χ3v) is 7.08. The monoisotopic (exact) mass is 533 g/mol. The molecule has 3 aromatic carbocycles. The fourth-order valence-corrected chi connectivity index (χ4v) is 4.92. The molecule has 1 aliphatic heterocycles. The van der Waals surface area contributed by atoms with Gasteiger partial charge in [-0.3, -0.25) is 9.10 Å². The van der Waals surface area contributed by atoms with Crippen LogP contribution < -0.4 is 13.9 Å². The summed E-state index contributed by atoms with van der Waals surface area (Å²) in [5.41, 5.74) is -0.0832. The summed E-state index contributed by atoms with van der Waals surface area (Å²) in [6, 6.07) is 20.5. The number of carbonyl (C=O) groups is 1. The molecule has 0 aromatic heterocycles. The van der Waals surface area contributed by atoms with E-state index in [4.69, 9.17) is 4.74 Å². The van der Waals surface area contributed by atoms with Gasteiger partial charge in [0.1, 0.15) is 12.3 Å². The van der Waals surface area contributed by atoms with E-state index in [1.165, 1.54) is 11.0 Å². The van der Waals surface area contributed by atoms with Gasteiger partial charge >= 0.3 is 6.18 Å². The zero-order chi connectivity index (χ0) is 26.6. The average molecular weight is 534 g/mol. The number of piperazine rings is 1. The van der Waals surface area contributed by atoms with E-state index in [1.807, 2.05) is 6.07 Å². The first-order chi connectivity index (χ1) is 17.5. The van der Waals surface area contributed by atoms with Crippen LogP contribution in [0, 0.1) is 0 Å². The van der Waals surface area contributed by atoms with Crippen molar-refractivity contribution in [1.29, 1.82) is 0 Å². The highest BCUT2D eigenvalue weighted by Gasteiger charge is 2.32. The minimum absolute atomic E-state index is 0.227. The summed E-state index contributed by atoms with van der Waals surface area (Å²) in [6.07, 6.45) is -3.42. The van der Waals surface area contributed by atoms with Crippen LogP contribution in [-0.4, -0.2) is 58.2 Å². The van der Waals surface area contributed by atoms with Crippen molar-refractivity contribution < 1.29 is 31.1 Å². The summed E-state index contributed by atoms with van der Waals surface area (Å²) in [7, 11) is -3.85. The number of carbonyl (C=O) groups excluding carboxylic acids is 1. The molecule has 0 saturated carbocycles. The van der Waals surface area contributed by atoms with E-state index in [1.54, 1.807) is 59.5 Å². The molecule has 0 atom stereocenters. The van der Waals surface area contributed by atoms with Gasteiger partial charge in [0.25, 0.3) is 0 Å². The van der Waals surface area contributed by atoms with Crippen LogP contribution in [-0.2, 0) is 21.0 Å². The number of sulfonamides is 1. The maximum Gasteiger partial charge on any atom is 0.416 e. The van der Waals surface area contributed by atoms with Gasteiger partial charge in [0, 0.05) is 31.9 Å². The number of amides is 1. The first-order valence-electron chi connectivity index (χ1n) is 11.5. The lowest BCUT2D eigenvalue weighted by Crippen LogP contribution is -2.52. The highest BCUT2D eigenvalue weighted by molar-refractivity contribution is 7.92. The van der Waals surface area contributed by atoms with Gasteiger partial charge in [-0.2, -0.15) is 13.2 Å². The molecular weight excluding hydrogens is 507 g/mol. The Labute approximate surface area is 213 Å². The Hall–Kier alpha value is -3.73. The Balaban J connectivity index is 1.47. The van der Waals surface area contributed by atoms with Crippen LogP contribution in [0.5, 0.6) is 11.5 Å². The molecule has 196 valence electrons. The lowest BCUT2D eigenvalue weighted by molar-refractivity contribution is -0.137. The van der Waals surface area contributed by atoms with Crippen molar-refractivity contribution in [2.75, 3.05) is 48.2 Å². The number of hydrogen-bond acceptors (Lipinski definition) is 5. The number of alkyl halides is 3. The minimum Gasteiger partial charge on any atom is -0.455 e. The Bertz CT molecular complexity index is 1340. The summed E-state index contributed by atoms with van der Waals surface area (Å²) in [5, 5.41) is 0.